The molecule has 0 fully saturated rings. The van der Waals surface area contributed by atoms with Crippen LogP contribution in [0.3, 0.4) is 0 Å². The van der Waals surface area contributed by atoms with Crippen molar-refractivity contribution in [3.05, 3.63) is 0 Å². The predicted molar refractivity (Wildman–Crippen MR) is 109 cm³/mol. The van der Waals surface area contributed by atoms with E-state index in [1.54, 1.807) is 0 Å². The Hall–Kier alpha value is -1.43. The molecule has 0 heterocycles. The summed E-state index contributed by atoms with van der Waals surface area (Å²) in [6.45, 7) is 5.73. The van der Waals surface area contributed by atoms with Gasteiger partial charge in [-0.25, -0.2) is 4.79 Å². The molecule has 0 saturated heterocycles. The Morgan fingerprint density at radius 3 is 1.61 bits per heavy atom. The molecule has 6 nitrogen and oxygen atoms in total. The van der Waals surface area contributed by atoms with Crippen molar-refractivity contribution < 1.29 is 29.0 Å². The highest BCUT2D eigenvalue weighted by Crippen LogP contribution is 2.17. The third-order valence-electron chi connectivity index (χ3n) is 4.81. The highest BCUT2D eigenvalue weighted by atomic mass is 16.6. The lowest BCUT2D eigenvalue weighted by Crippen LogP contribution is -2.48. The largest absolute Gasteiger partial charge is 0.466 e. The summed E-state index contributed by atoms with van der Waals surface area (Å²) in [6, 6.07) is 0. The molecule has 0 rings (SSSR count). The quantitative estimate of drug-likeness (QED) is 0.207. The number of unbranched alkanes of at least 4 members (excludes halogenated alkanes) is 10. The lowest BCUT2D eigenvalue weighted by Gasteiger charge is -2.22. The van der Waals surface area contributed by atoms with Crippen molar-refractivity contribution in [2.24, 2.45) is 0 Å². The number of rotatable bonds is 18. The number of esters is 2. The average Bonchev–Trinajstić information content (AvgIpc) is 2.66. The molecule has 0 aliphatic carbocycles. The second kappa shape index (κ2) is 16.5. The molecule has 0 aliphatic rings. The van der Waals surface area contributed by atoms with Crippen LogP contribution in [0.4, 0.5) is 0 Å². The lowest BCUT2D eigenvalue weighted by molar-refractivity contribution is -0.176. The molecule has 164 valence electrons. The second-order valence-corrected chi connectivity index (χ2v) is 7.49. The summed E-state index contributed by atoms with van der Waals surface area (Å²) in [6.07, 6.45) is 11.8. The van der Waals surface area contributed by atoms with Crippen molar-refractivity contribution in [1.82, 2.24) is 0 Å². The zero-order valence-corrected chi connectivity index (χ0v) is 18.1. The van der Waals surface area contributed by atoms with Crippen LogP contribution in [0.2, 0.25) is 0 Å². The van der Waals surface area contributed by atoms with E-state index in [0.717, 1.165) is 51.9 Å². The van der Waals surface area contributed by atoms with Crippen LogP contribution in [0.5, 0.6) is 0 Å². The number of hydrogen-bond acceptors (Lipinski definition) is 6. The van der Waals surface area contributed by atoms with Gasteiger partial charge in [-0.2, -0.15) is 0 Å². The first-order valence-corrected chi connectivity index (χ1v) is 10.9. The summed E-state index contributed by atoms with van der Waals surface area (Å²) in [5.74, 6) is -2.63. The molecule has 28 heavy (non-hydrogen) atoms. The van der Waals surface area contributed by atoms with Crippen LogP contribution >= 0.6 is 0 Å². The first kappa shape index (κ1) is 26.6. The molecule has 0 aromatic rings. The van der Waals surface area contributed by atoms with E-state index in [4.69, 9.17) is 9.47 Å². The molecule has 0 bridgehead atoms. The zero-order valence-electron chi connectivity index (χ0n) is 18.1. The number of carbonyl (C=O) groups excluding carboxylic acids is 3. The van der Waals surface area contributed by atoms with E-state index >= 15 is 0 Å². The van der Waals surface area contributed by atoms with E-state index in [0.29, 0.717) is 6.42 Å². The first-order chi connectivity index (χ1) is 13.4. The van der Waals surface area contributed by atoms with Gasteiger partial charge in [0.15, 0.2) is 5.78 Å². The Morgan fingerprint density at radius 2 is 1.14 bits per heavy atom. The number of ketones is 1. The summed E-state index contributed by atoms with van der Waals surface area (Å²) in [4.78, 5) is 35.9. The minimum absolute atomic E-state index is 0.132. The molecule has 0 unspecified atom stereocenters. The molecule has 0 aromatic heterocycles. The zero-order chi connectivity index (χ0) is 21.3. The van der Waals surface area contributed by atoms with Gasteiger partial charge in [-0.05, 0) is 19.8 Å². The molecule has 0 saturated carbocycles. The highest BCUT2D eigenvalue weighted by Gasteiger charge is 2.45. The van der Waals surface area contributed by atoms with Gasteiger partial charge in [-0.1, -0.05) is 78.1 Å². The number of carbonyl (C=O) groups is 3. The van der Waals surface area contributed by atoms with Crippen molar-refractivity contribution in [2.45, 2.75) is 110 Å². The van der Waals surface area contributed by atoms with Crippen molar-refractivity contribution >= 4 is 17.7 Å². The number of ether oxygens (including phenoxy) is 2. The highest BCUT2D eigenvalue weighted by molar-refractivity contribution is 6.08. The van der Waals surface area contributed by atoms with Gasteiger partial charge in [0.2, 0.25) is 5.60 Å². The molecule has 6 heteroatoms. The van der Waals surface area contributed by atoms with Crippen LogP contribution < -0.4 is 0 Å². The number of aliphatic hydroxyl groups is 1. The van der Waals surface area contributed by atoms with Gasteiger partial charge in [-0.3, -0.25) is 9.59 Å². The van der Waals surface area contributed by atoms with Crippen molar-refractivity contribution in [3.8, 4) is 0 Å². The lowest BCUT2D eigenvalue weighted by atomic mass is 9.95. The minimum atomic E-state index is -2.46. The third-order valence-corrected chi connectivity index (χ3v) is 4.81. The van der Waals surface area contributed by atoms with E-state index in [-0.39, 0.29) is 13.2 Å². The normalized spacial score (nSPS) is 13.0. The van der Waals surface area contributed by atoms with Crippen LogP contribution in [0.1, 0.15) is 104 Å². The molecule has 0 aliphatic heterocycles. The summed E-state index contributed by atoms with van der Waals surface area (Å²) in [5, 5.41) is 10.4. The van der Waals surface area contributed by atoms with Crippen LogP contribution in [0.15, 0.2) is 0 Å². The molecule has 1 N–H and O–H groups in total. The summed E-state index contributed by atoms with van der Waals surface area (Å²) in [5.41, 5.74) is -2.46. The standard InChI is InChI=1S/C22H40O6/c1-4-6-8-10-12-14-16-27-20(24)18-22(26,19(3)23)21(25)28-17-15-13-11-9-7-5-2/h26H,4-18H2,1-3H3/t22-/m0/s1. The maximum Gasteiger partial charge on any atom is 0.346 e. The van der Waals surface area contributed by atoms with Gasteiger partial charge in [0.25, 0.3) is 0 Å². The molecule has 1 atom stereocenters. The van der Waals surface area contributed by atoms with Crippen LogP contribution in [-0.2, 0) is 23.9 Å². The van der Waals surface area contributed by atoms with Crippen molar-refractivity contribution in [1.29, 1.82) is 0 Å². The fraction of sp³-hybridized carbons (Fsp3) is 0.864. The van der Waals surface area contributed by atoms with Crippen LogP contribution in [0.25, 0.3) is 0 Å². The SMILES string of the molecule is CCCCCCCCOC(=O)C[C@](O)(C(C)=O)C(=O)OCCCCCCCC. The van der Waals surface area contributed by atoms with Crippen LogP contribution in [0, 0.1) is 0 Å². The average molecular weight is 401 g/mol. The molecular formula is C22H40O6. The van der Waals surface area contributed by atoms with Gasteiger partial charge in [0.1, 0.15) is 0 Å². The topological polar surface area (TPSA) is 89.9 Å². The molecule has 0 radical (unpaired) electrons. The van der Waals surface area contributed by atoms with E-state index < -0.39 is 29.7 Å². The van der Waals surface area contributed by atoms with E-state index in [9.17, 15) is 19.5 Å². The van der Waals surface area contributed by atoms with Gasteiger partial charge in [-0.15, -0.1) is 0 Å². The maximum absolute atomic E-state index is 12.2. The van der Waals surface area contributed by atoms with E-state index in [2.05, 4.69) is 13.8 Å². The number of Topliss-reactive ketones (excluding diaryl/α,β-unsaturated/α-hetero) is 1. The fourth-order valence-electron chi connectivity index (χ4n) is 2.84. The second-order valence-electron chi connectivity index (χ2n) is 7.49. The Morgan fingerprint density at radius 1 is 0.714 bits per heavy atom. The monoisotopic (exact) mass is 400 g/mol. The van der Waals surface area contributed by atoms with Gasteiger partial charge >= 0.3 is 11.9 Å². The molecule has 0 aromatic carbocycles. The summed E-state index contributed by atoms with van der Waals surface area (Å²) in [7, 11) is 0. The van der Waals surface area contributed by atoms with Crippen molar-refractivity contribution in [2.75, 3.05) is 13.2 Å². The molecule has 0 amide bonds. The fourth-order valence-corrected chi connectivity index (χ4v) is 2.84. The Labute approximate surface area is 170 Å². The van der Waals surface area contributed by atoms with Gasteiger partial charge in [0, 0.05) is 0 Å². The minimum Gasteiger partial charge on any atom is -0.466 e. The summed E-state index contributed by atoms with van der Waals surface area (Å²) < 4.78 is 10.1. The molecular weight excluding hydrogens is 360 g/mol. The Bertz CT molecular complexity index is 448. The van der Waals surface area contributed by atoms with Crippen LogP contribution in [-0.4, -0.2) is 41.6 Å². The Balaban J connectivity index is 4.17. The smallest absolute Gasteiger partial charge is 0.346 e. The maximum atomic E-state index is 12.2. The third kappa shape index (κ3) is 12.1. The van der Waals surface area contributed by atoms with E-state index in [1.165, 1.54) is 25.7 Å². The van der Waals surface area contributed by atoms with E-state index in [1.807, 2.05) is 0 Å². The molecule has 0 spiro atoms. The van der Waals surface area contributed by atoms with Gasteiger partial charge in [0.05, 0.1) is 19.6 Å². The predicted octanol–water partition coefficient (Wildman–Crippen LogP) is 4.50. The Kier molecular flexibility index (Phi) is 15.7. The number of hydrogen-bond donors (Lipinski definition) is 1. The first-order valence-electron chi connectivity index (χ1n) is 10.9. The van der Waals surface area contributed by atoms with Crippen molar-refractivity contribution in [3.63, 3.8) is 0 Å². The summed E-state index contributed by atoms with van der Waals surface area (Å²) >= 11 is 0. The van der Waals surface area contributed by atoms with Gasteiger partial charge < -0.3 is 14.6 Å².